The molecule has 0 fully saturated rings. The van der Waals surface area contributed by atoms with Gasteiger partial charge in [0.25, 0.3) is 11.4 Å². The average Bonchev–Trinajstić information content (AvgIpc) is 2.98. The zero-order valence-electron chi connectivity index (χ0n) is 26.7. The van der Waals surface area contributed by atoms with E-state index in [1.807, 2.05) is 0 Å². The Morgan fingerprint density at radius 1 is 0.872 bits per heavy atom. The fourth-order valence-electron chi connectivity index (χ4n) is 3.64. The van der Waals surface area contributed by atoms with Crippen molar-refractivity contribution >= 4 is 40.9 Å². The fourth-order valence-corrected chi connectivity index (χ4v) is 3.64. The summed E-state index contributed by atoms with van der Waals surface area (Å²) >= 11 is 0. The first-order valence-corrected chi connectivity index (χ1v) is 14.8. The highest BCUT2D eigenvalue weighted by Crippen LogP contribution is 2.28. The number of ether oxygens (including phenoxy) is 4. The number of carboxylic acid groups (broad SMARTS) is 1. The van der Waals surface area contributed by atoms with Crippen LogP contribution in [0.25, 0.3) is 0 Å². The van der Waals surface area contributed by atoms with E-state index in [-0.39, 0.29) is 35.8 Å². The highest BCUT2D eigenvalue weighted by atomic mass is 16.6. The normalized spacial score (nSPS) is 11.6. The van der Waals surface area contributed by atoms with Crippen LogP contribution in [0.15, 0.2) is 18.2 Å². The summed E-state index contributed by atoms with van der Waals surface area (Å²) in [6.45, 7) is 7.03. The molecule has 1 aromatic rings. The molecule has 0 saturated heterocycles. The summed E-state index contributed by atoms with van der Waals surface area (Å²) in [7, 11) is 0. The van der Waals surface area contributed by atoms with E-state index >= 15 is 0 Å². The van der Waals surface area contributed by atoms with Crippen LogP contribution in [0.5, 0.6) is 0 Å². The van der Waals surface area contributed by atoms with Crippen molar-refractivity contribution in [2.75, 3.05) is 64.6 Å². The number of benzene rings is 1. The molecule has 264 valence electrons. The lowest BCUT2D eigenvalue weighted by atomic mass is 10.1. The lowest BCUT2D eigenvalue weighted by molar-refractivity contribution is -0.393. The third kappa shape index (κ3) is 19.5. The third-order valence-electron chi connectivity index (χ3n) is 5.78. The largest absolute Gasteiger partial charge is 0.480 e. The van der Waals surface area contributed by atoms with Gasteiger partial charge in [-0.15, -0.1) is 0 Å². The number of carbonyl (C=O) groups excluding carboxylic acids is 3. The first kappa shape index (κ1) is 40.4. The predicted octanol–water partition coefficient (Wildman–Crippen LogP) is 1.74. The van der Waals surface area contributed by atoms with Crippen molar-refractivity contribution in [1.29, 1.82) is 0 Å². The van der Waals surface area contributed by atoms with Crippen molar-refractivity contribution in [3.63, 3.8) is 0 Å². The standard InChI is InChI=1S/C28H44N6O13/c1-28(2,3)47-27(39)32-22(26(38)31-19-25(36)37)8-9-24(35)30-11-5-13-45-15-17-46-16-14-44-12-4-10-29-21-7-6-20(33(40)41)18-23(21)34(42)43/h6-7,18,22,29H,4-5,8-17,19H2,1-3H3,(H,30,35)(H,31,38)(H,32,39)(H,36,37)/t22-/m0/s1. The number of nitrogens with zero attached hydrogens (tertiary/aromatic N) is 2. The number of hydrogen-bond donors (Lipinski definition) is 5. The molecular formula is C28H44N6O13. The van der Waals surface area contributed by atoms with Crippen LogP contribution in [0, 0.1) is 20.2 Å². The monoisotopic (exact) mass is 672 g/mol. The Kier molecular flexibility index (Phi) is 18.9. The second kappa shape index (κ2) is 22.0. The van der Waals surface area contributed by atoms with Crippen molar-refractivity contribution in [1.82, 2.24) is 16.0 Å². The summed E-state index contributed by atoms with van der Waals surface area (Å²) in [5, 5.41) is 40.8. The first-order chi connectivity index (χ1) is 22.2. The lowest BCUT2D eigenvalue weighted by Crippen LogP contribution is -2.49. The summed E-state index contributed by atoms with van der Waals surface area (Å²) in [6.07, 6.45) is 0.0171. The zero-order chi connectivity index (χ0) is 35.2. The summed E-state index contributed by atoms with van der Waals surface area (Å²) < 4.78 is 21.4. The fraction of sp³-hybridized carbons (Fsp3) is 0.643. The summed E-state index contributed by atoms with van der Waals surface area (Å²) in [5.41, 5.74) is -1.36. The first-order valence-electron chi connectivity index (χ1n) is 14.8. The molecule has 0 heterocycles. The molecule has 3 amide bonds. The number of carboxylic acids is 1. The Morgan fingerprint density at radius 3 is 2.02 bits per heavy atom. The summed E-state index contributed by atoms with van der Waals surface area (Å²) in [6, 6.07) is 2.23. The van der Waals surface area contributed by atoms with E-state index in [1.54, 1.807) is 20.8 Å². The number of aliphatic carboxylic acids is 1. The predicted molar refractivity (Wildman–Crippen MR) is 166 cm³/mol. The van der Waals surface area contributed by atoms with Gasteiger partial charge in [-0.2, -0.15) is 0 Å². The van der Waals surface area contributed by atoms with E-state index in [0.29, 0.717) is 65.6 Å². The van der Waals surface area contributed by atoms with Crippen LogP contribution in [0.3, 0.4) is 0 Å². The summed E-state index contributed by atoms with van der Waals surface area (Å²) in [4.78, 5) is 67.9. The van der Waals surface area contributed by atoms with Gasteiger partial charge in [0.1, 0.15) is 23.9 Å². The second-order valence-electron chi connectivity index (χ2n) is 10.9. The van der Waals surface area contributed by atoms with Crippen LogP contribution in [0.4, 0.5) is 21.9 Å². The maximum absolute atomic E-state index is 12.3. The molecule has 0 aliphatic heterocycles. The van der Waals surface area contributed by atoms with E-state index in [1.165, 1.54) is 12.1 Å². The number of nitro benzene ring substituents is 2. The Bertz CT molecular complexity index is 1190. The topological polar surface area (TPSA) is 260 Å². The van der Waals surface area contributed by atoms with Crippen LogP contribution in [0.2, 0.25) is 0 Å². The second-order valence-corrected chi connectivity index (χ2v) is 10.9. The number of anilines is 1. The number of amides is 3. The molecule has 0 bridgehead atoms. The molecule has 1 atom stereocenters. The average molecular weight is 673 g/mol. The van der Waals surface area contributed by atoms with Crippen LogP contribution in [-0.2, 0) is 33.3 Å². The molecule has 0 aromatic heterocycles. The van der Waals surface area contributed by atoms with E-state index < -0.39 is 46.0 Å². The quantitative estimate of drug-likeness (QED) is 0.0595. The molecule has 19 nitrogen and oxygen atoms in total. The van der Waals surface area contributed by atoms with Gasteiger partial charge in [0, 0.05) is 38.8 Å². The SMILES string of the molecule is CC(C)(C)OC(=O)N[C@@H](CCC(=O)NCCCOCCOCCOCCCNc1ccc([N+](=O)[O-])cc1[N+](=O)[O-])C(=O)NCC(=O)O. The molecule has 0 spiro atoms. The number of alkyl carbamates (subject to hydrolysis) is 1. The molecule has 5 N–H and O–H groups in total. The Labute approximate surface area is 271 Å². The van der Waals surface area contributed by atoms with Crippen molar-refractivity contribution < 1.29 is 53.1 Å². The molecule has 0 aliphatic carbocycles. The molecule has 1 rings (SSSR count). The van der Waals surface area contributed by atoms with Crippen LogP contribution < -0.4 is 21.3 Å². The number of carbonyl (C=O) groups is 4. The number of nitrogens with one attached hydrogen (secondary N) is 4. The maximum Gasteiger partial charge on any atom is 0.408 e. The molecular weight excluding hydrogens is 628 g/mol. The van der Waals surface area contributed by atoms with Gasteiger partial charge in [-0.05, 0) is 46.1 Å². The van der Waals surface area contributed by atoms with Crippen molar-refractivity contribution in [3.05, 3.63) is 38.4 Å². The van der Waals surface area contributed by atoms with Gasteiger partial charge in [-0.1, -0.05) is 0 Å². The molecule has 0 saturated carbocycles. The number of nitro groups is 2. The molecule has 0 aliphatic rings. The Balaban J connectivity index is 2.11. The number of rotatable bonds is 24. The van der Waals surface area contributed by atoms with Gasteiger partial charge in [0.2, 0.25) is 11.8 Å². The lowest BCUT2D eigenvalue weighted by Gasteiger charge is -2.23. The van der Waals surface area contributed by atoms with Crippen molar-refractivity contribution in [3.8, 4) is 0 Å². The van der Waals surface area contributed by atoms with Gasteiger partial charge < -0.3 is 45.3 Å². The van der Waals surface area contributed by atoms with Crippen LogP contribution in [-0.4, -0.2) is 110 Å². The van der Waals surface area contributed by atoms with E-state index in [2.05, 4.69) is 21.3 Å². The van der Waals surface area contributed by atoms with Crippen LogP contribution >= 0.6 is 0 Å². The molecule has 1 aromatic carbocycles. The minimum Gasteiger partial charge on any atom is -0.480 e. The highest BCUT2D eigenvalue weighted by Gasteiger charge is 2.25. The van der Waals surface area contributed by atoms with E-state index in [9.17, 15) is 39.4 Å². The van der Waals surface area contributed by atoms with Crippen LogP contribution in [0.1, 0.15) is 46.5 Å². The maximum atomic E-state index is 12.3. The van der Waals surface area contributed by atoms with E-state index in [4.69, 9.17) is 24.1 Å². The van der Waals surface area contributed by atoms with Gasteiger partial charge in [0.15, 0.2) is 0 Å². The zero-order valence-corrected chi connectivity index (χ0v) is 26.7. The molecule has 19 heteroatoms. The minimum atomic E-state index is -1.26. The van der Waals surface area contributed by atoms with Gasteiger partial charge in [-0.3, -0.25) is 34.6 Å². The van der Waals surface area contributed by atoms with Gasteiger partial charge >= 0.3 is 12.1 Å². The minimum absolute atomic E-state index is 0.0715. The third-order valence-corrected chi connectivity index (χ3v) is 5.78. The van der Waals surface area contributed by atoms with Gasteiger partial charge in [-0.25, -0.2) is 4.79 Å². The van der Waals surface area contributed by atoms with E-state index in [0.717, 1.165) is 6.07 Å². The van der Waals surface area contributed by atoms with Crippen molar-refractivity contribution in [2.45, 2.75) is 58.1 Å². The molecule has 47 heavy (non-hydrogen) atoms. The molecule has 0 radical (unpaired) electrons. The van der Waals surface area contributed by atoms with Gasteiger partial charge in [0.05, 0.1) is 42.3 Å². The number of non-ortho nitro benzene ring substituents is 1. The highest BCUT2D eigenvalue weighted by molar-refractivity contribution is 5.88. The summed E-state index contributed by atoms with van der Waals surface area (Å²) in [5.74, 6) is -2.37. The smallest absolute Gasteiger partial charge is 0.408 e. The molecule has 0 unspecified atom stereocenters. The Morgan fingerprint density at radius 2 is 1.47 bits per heavy atom. The Hall–Kier alpha value is -4.62. The van der Waals surface area contributed by atoms with Crippen molar-refractivity contribution in [2.24, 2.45) is 0 Å². The number of hydrogen-bond acceptors (Lipinski definition) is 13.